The fourth-order valence-corrected chi connectivity index (χ4v) is 1.80. The number of aliphatic hydroxyl groups is 1. The first-order chi connectivity index (χ1) is 9.26. The zero-order valence-electron chi connectivity index (χ0n) is 11.4. The monoisotopic (exact) mass is 284 g/mol. The Hall–Kier alpha value is -2.02. The zero-order chi connectivity index (χ0) is 15.3. The van der Waals surface area contributed by atoms with Gasteiger partial charge in [0.05, 0.1) is 10.5 Å². The lowest BCUT2D eigenvalue weighted by Crippen LogP contribution is -2.40. The number of benzene rings is 1. The van der Waals surface area contributed by atoms with Gasteiger partial charge in [-0.3, -0.25) is 14.9 Å². The molecule has 0 aliphatic carbocycles. The molecule has 0 aliphatic heterocycles. The van der Waals surface area contributed by atoms with E-state index >= 15 is 0 Å². The Morgan fingerprint density at radius 3 is 2.70 bits per heavy atom. The largest absolute Gasteiger partial charge is 0.388 e. The minimum atomic E-state index is -1.07. The van der Waals surface area contributed by atoms with Crippen LogP contribution in [0, 0.1) is 15.9 Å². The van der Waals surface area contributed by atoms with Crippen molar-refractivity contribution in [2.24, 2.45) is 0 Å². The molecule has 0 saturated carbocycles. The van der Waals surface area contributed by atoms with Crippen molar-refractivity contribution in [1.82, 2.24) is 5.32 Å². The number of nitrogens with zero attached hydrogens (tertiary/aromatic N) is 1. The number of nitro groups is 1. The molecule has 110 valence electrons. The van der Waals surface area contributed by atoms with Crippen LogP contribution in [0.25, 0.3) is 0 Å². The molecule has 6 nitrogen and oxygen atoms in total. The van der Waals surface area contributed by atoms with E-state index in [-0.39, 0.29) is 12.1 Å². The van der Waals surface area contributed by atoms with Gasteiger partial charge in [0.25, 0.3) is 5.91 Å². The van der Waals surface area contributed by atoms with Crippen molar-refractivity contribution in [2.45, 2.75) is 32.3 Å². The maximum Gasteiger partial charge on any atom is 0.304 e. The van der Waals surface area contributed by atoms with Crippen molar-refractivity contribution in [2.75, 3.05) is 6.54 Å². The van der Waals surface area contributed by atoms with Crippen LogP contribution in [0.3, 0.4) is 0 Å². The Morgan fingerprint density at radius 2 is 2.20 bits per heavy atom. The van der Waals surface area contributed by atoms with Crippen molar-refractivity contribution < 1.29 is 19.2 Å². The number of halogens is 1. The molecule has 2 N–H and O–H groups in total. The summed E-state index contributed by atoms with van der Waals surface area (Å²) in [6.45, 7) is 3.52. The minimum Gasteiger partial charge on any atom is -0.388 e. The summed E-state index contributed by atoms with van der Waals surface area (Å²) in [7, 11) is 0. The van der Waals surface area contributed by atoms with Crippen LogP contribution in [-0.4, -0.2) is 28.1 Å². The first-order valence-corrected chi connectivity index (χ1v) is 6.21. The van der Waals surface area contributed by atoms with Gasteiger partial charge in [-0.2, -0.15) is 4.39 Å². The van der Waals surface area contributed by atoms with Crippen molar-refractivity contribution >= 4 is 11.6 Å². The van der Waals surface area contributed by atoms with Crippen molar-refractivity contribution in [1.29, 1.82) is 0 Å². The van der Waals surface area contributed by atoms with Crippen LogP contribution in [0.4, 0.5) is 10.1 Å². The Morgan fingerprint density at radius 1 is 1.55 bits per heavy atom. The average molecular weight is 284 g/mol. The molecule has 7 heteroatoms. The van der Waals surface area contributed by atoms with Gasteiger partial charge in [0.2, 0.25) is 5.82 Å². The highest BCUT2D eigenvalue weighted by molar-refractivity contribution is 5.94. The quantitative estimate of drug-likeness (QED) is 0.617. The lowest BCUT2D eigenvalue weighted by atomic mass is 10.0. The van der Waals surface area contributed by atoms with E-state index in [4.69, 9.17) is 0 Å². The molecule has 20 heavy (non-hydrogen) atoms. The summed E-state index contributed by atoms with van der Waals surface area (Å²) >= 11 is 0. The summed E-state index contributed by atoms with van der Waals surface area (Å²) in [5, 5.41) is 22.8. The van der Waals surface area contributed by atoms with Crippen LogP contribution < -0.4 is 5.32 Å². The number of rotatable bonds is 6. The van der Waals surface area contributed by atoms with E-state index in [1.54, 1.807) is 6.92 Å². The van der Waals surface area contributed by atoms with Gasteiger partial charge in [0, 0.05) is 18.2 Å². The van der Waals surface area contributed by atoms with E-state index in [0.717, 1.165) is 18.6 Å². The topological polar surface area (TPSA) is 92.5 Å². The third-order valence-corrected chi connectivity index (χ3v) is 2.82. The van der Waals surface area contributed by atoms with Crippen LogP contribution in [-0.2, 0) is 0 Å². The predicted octanol–water partition coefficient (Wildman–Crippen LogP) is 2.01. The van der Waals surface area contributed by atoms with E-state index in [0.29, 0.717) is 6.42 Å². The number of hydrogen-bond acceptors (Lipinski definition) is 4. The number of amides is 1. The zero-order valence-corrected chi connectivity index (χ0v) is 11.4. The van der Waals surface area contributed by atoms with Crippen LogP contribution in [0.2, 0.25) is 0 Å². The highest BCUT2D eigenvalue weighted by atomic mass is 19.1. The van der Waals surface area contributed by atoms with E-state index in [1.165, 1.54) is 6.07 Å². The minimum absolute atomic E-state index is 0.0261. The molecular weight excluding hydrogens is 267 g/mol. The second-order valence-electron chi connectivity index (χ2n) is 4.85. The van der Waals surface area contributed by atoms with Gasteiger partial charge < -0.3 is 10.4 Å². The van der Waals surface area contributed by atoms with Gasteiger partial charge in [-0.05, 0) is 25.5 Å². The van der Waals surface area contributed by atoms with Crippen molar-refractivity contribution in [3.63, 3.8) is 0 Å². The molecule has 1 atom stereocenters. The van der Waals surface area contributed by atoms with Gasteiger partial charge in [-0.1, -0.05) is 13.3 Å². The van der Waals surface area contributed by atoms with Crippen LogP contribution in [0.1, 0.15) is 37.0 Å². The van der Waals surface area contributed by atoms with Crippen molar-refractivity contribution in [3.05, 3.63) is 39.7 Å². The molecule has 0 bridgehead atoms. The normalized spacial score (nSPS) is 13.6. The molecule has 0 spiro atoms. The Bertz CT molecular complexity index is 517. The SMILES string of the molecule is CCCC(C)(O)CNC(=O)c1ccc([N+](=O)[O-])c(F)c1. The summed E-state index contributed by atoms with van der Waals surface area (Å²) in [4.78, 5) is 21.4. The second-order valence-corrected chi connectivity index (χ2v) is 4.85. The fraction of sp³-hybridized carbons (Fsp3) is 0.462. The Balaban J connectivity index is 2.74. The highest BCUT2D eigenvalue weighted by Crippen LogP contribution is 2.18. The summed E-state index contributed by atoms with van der Waals surface area (Å²) in [6, 6.07) is 2.92. The molecular formula is C13H17FN2O4. The third kappa shape index (κ3) is 4.27. The molecule has 1 unspecified atom stereocenters. The standard InChI is InChI=1S/C13H17FN2O4/c1-3-6-13(2,18)8-15-12(17)9-4-5-11(16(19)20)10(14)7-9/h4-5,7,18H,3,6,8H2,1-2H3,(H,15,17). The maximum atomic E-state index is 13.4. The summed E-state index contributed by atoms with van der Waals surface area (Å²) in [5.41, 5.74) is -1.75. The molecule has 1 aromatic carbocycles. The number of nitrogens with one attached hydrogen (secondary N) is 1. The lowest BCUT2D eigenvalue weighted by molar-refractivity contribution is -0.387. The molecule has 0 aliphatic rings. The summed E-state index contributed by atoms with van der Waals surface area (Å²) in [6.07, 6.45) is 1.27. The average Bonchev–Trinajstić information content (AvgIpc) is 2.35. The first kappa shape index (κ1) is 16.0. The third-order valence-electron chi connectivity index (χ3n) is 2.82. The molecule has 1 rings (SSSR count). The van der Waals surface area contributed by atoms with E-state index in [2.05, 4.69) is 5.32 Å². The van der Waals surface area contributed by atoms with E-state index < -0.39 is 27.9 Å². The molecule has 0 saturated heterocycles. The van der Waals surface area contributed by atoms with Gasteiger partial charge in [-0.25, -0.2) is 0 Å². The molecule has 0 fully saturated rings. The number of carbonyl (C=O) groups excluding carboxylic acids is 1. The fourth-order valence-electron chi connectivity index (χ4n) is 1.80. The molecule has 0 radical (unpaired) electrons. The number of hydrogen-bond donors (Lipinski definition) is 2. The number of nitro benzene ring substituents is 1. The molecule has 0 aromatic heterocycles. The van der Waals surface area contributed by atoms with E-state index in [1.807, 2.05) is 6.92 Å². The smallest absolute Gasteiger partial charge is 0.304 e. The van der Waals surface area contributed by atoms with Gasteiger partial charge in [0.1, 0.15) is 0 Å². The lowest BCUT2D eigenvalue weighted by Gasteiger charge is -2.22. The van der Waals surface area contributed by atoms with Gasteiger partial charge in [-0.15, -0.1) is 0 Å². The molecule has 1 amide bonds. The van der Waals surface area contributed by atoms with Gasteiger partial charge >= 0.3 is 5.69 Å². The second kappa shape index (κ2) is 6.42. The van der Waals surface area contributed by atoms with Crippen molar-refractivity contribution in [3.8, 4) is 0 Å². The number of carbonyl (C=O) groups is 1. The van der Waals surface area contributed by atoms with Crippen LogP contribution in [0.15, 0.2) is 18.2 Å². The first-order valence-electron chi connectivity index (χ1n) is 6.21. The summed E-state index contributed by atoms with van der Waals surface area (Å²) in [5.74, 6) is -1.65. The Labute approximate surface area is 115 Å². The molecule has 0 heterocycles. The molecule has 1 aromatic rings. The maximum absolute atomic E-state index is 13.4. The summed E-state index contributed by atoms with van der Waals surface area (Å²) < 4.78 is 13.4. The van der Waals surface area contributed by atoms with Crippen LogP contribution >= 0.6 is 0 Å². The predicted molar refractivity (Wildman–Crippen MR) is 70.9 cm³/mol. The Kier molecular flexibility index (Phi) is 5.15. The van der Waals surface area contributed by atoms with E-state index in [9.17, 15) is 24.4 Å². The van der Waals surface area contributed by atoms with Crippen LogP contribution in [0.5, 0.6) is 0 Å². The highest BCUT2D eigenvalue weighted by Gasteiger charge is 2.21. The van der Waals surface area contributed by atoms with Gasteiger partial charge in [0.15, 0.2) is 0 Å².